The molecule has 1 heterocycles. The van der Waals surface area contributed by atoms with Gasteiger partial charge in [0.2, 0.25) is 0 Å². The summed E-state index contributed by atoms with van der Waals surface area (Å²) in [6.45, 7) is 7.67. The molecule has 0 aromatic carbocycles. The number of ether oxygens (including phenoxy) is 1. The molecule has 0 amide bonds. The van der Waals surface area contributed by atoms with Crippen LogP contribution in [0.4, 0.5) is 0 Å². The van der Waals surface area contributed by atoms with Gasteiger partial charge in [-0.3, -0.25) is 4.68 Å². The maximum atomic E-state index is 5.78. The summed E-state index contributed by atoms with van der Waals surface area (Å²) in [6, 6.07) is 3.01. The molecule has 1 aromatic heterocycles. The summed E-state index contributed by atoms with van der Waals surface area (Å²) in [5.74, 6) is 0.737. The number of hydrogen-bond donors (Lipinski definition) is 1. The van der Waals surface area contributed by atoms with Crippen LogP contribution in [0, 0.1) is 5.92 Å². The van der Waals surface area contributed by atoms with Gasteiger partial charge in [-0.15, -0.1) is 0 Å². The molecular weight excluding hydrogens is 262 g/mol. The molecular formula is C17H31N3O. The van der Waals surface area contributed by atoms with Crippen LogP contribution in [0.15, 0.2) is 12.3 Å². The number of methoxy groups -OCH3 is 1. The van der Waals surface area contributed by atoms with Gasteiger partial charge in [-0.25, -0.2) is 0 Å². The monoisotopic (exact) mass is 293 g/mol. The van der Waals surface area contributed by atoms with Gasteiger partial charge in [0.05, 0.1) is 11.8 Å². The largest absolute Gasteiger partial charge is 0.380 e. The standard InChI is InChI=1S/C17H31N3O/c1-5-10-18-16(17(21-4)14-7-8-14)12-15-9-11-20(19-15)13(3)6-2/h9,11,13-14,16-18H,5-8,10,12H2,1-4H3. The molecule has 1 aliphatic carbocycles. The van der Waals surface area contributed by atoms with E-state index in [-0.39, 0.29) is 0 Å². The van der Waals surface area contributed by atoms with Crippen molar-refractivity contribution in [3.63, 3.8) is 0 Å². The normalized spacial score (nSPS) is 19.4. The summed E-state index contributed by atoms with van der Waals surface area (Å²) in [4.78, 5) is 0. The second-order valence-electron chi connectivity index (χ2n) is 6.35. The quantitative estimate of drug-likeness (QED) is 0.720. The molecule has 1 aliphatic rings. The molecule has 120 valence electrons. The molecule has 4 heteroatoms. The second-order valence-corrected chi connectivity index (χ2v) is 6.35. The lowest BCUT2D eigenvalue weighted by Crippen LogP contribution is -2.44. The first-order valence-electron chi connectivity index (χ1n) is 8.49. The van der Waals surface area contributed by atoms with Crippen molar-refractivity contribution in [2.45, 2.75) is 71.1 Å². The minimum atomic E-state index is 0.324. The highest BCUT2D eigenvalue weighted by atomic mass is 16.5. The summed E-state index contributed by atoms with van der Waals surface area (Å²) in [5, 5.41) is 8.41. The first-order valence-corrected chi connectivity index (χ1v) is 8.49. The Bertz CT molecular complexity index is 414. The van der Waals surface area contributed by atoms with E-state index in [1.807, 2.05) is 7.11 Å². The van der Waals surface area contributed by atoms with Gasteiger partial charge in [0.15, 0.2) is 0 Å². The highest BCUT2D eigenvalue weighted by Crippen LogP contribution is 2.36. The number of rotatable bonds is 10. The molecule has 1 aromatic rings. The molecule has 3 atom stereocenters. The van der Waals surface area contributed by atoms with Crippen LogP contribution in [0.1, 0.15) is 58.2 Å². The van der Waals surface area contributed by atoms with Crippen molar-refractivity contribution < 1.29 is 4.74 Å². The fourth-order valence-electron chi connectivity index (χ4n) is 2.89. The Morgan fingerprint density at radius 1 is 1.43 bits per heavy atom. The molecule has 1 N–H and O–H groups in total. The van der Waals surface area contributed by atoms with Crippen LogP contribution >= 0.6 is 0 Å². The van der Waals surface area contributed by atoms with E-state index in [1.165, 1.54) is 18.5 Å². The van der Waals surface area contributed by atoms with Gasteiger partial charge in [0.25, 0.3) is 0 Å². The van der Waals surface area contributed by atoms with Gasteiger partial charge in [-0.2, -0.15) is 5.10 Å². The van der Waals surface area contributed by atoms with Crippen molar-refractivity contribution >= 4 is 0 Å². The molecule has 3 unspecified atom stereocenters. The predicted molar refractivity (Wildman–Crippen MR) is 86.5 cm³/mol. The Morgan fingerprint density at radius 2 is 2.19 bits per heavy atom. The Morgan fingerprint density at radius 3 is 2.76 bits per heavy atom. The molecule has 1 fully saturated rings. The summed E-state index contributed by atoms with van der Waals surface area (Å²) in [6.07, 6.45) is 8.28. The van der Waals surface area contributed by atoms with E-state index in [0.717, 1.165) is 31.7 Å². The van der Waals surface area contributed by atoms with Gasteiger partial charge < -0.3 is 10.1 Å². The minimum absolute atomic E-state index is 0.324. The van der Waals surface area contributed by atoms with Crippen molar-refractivity contribution in [3.8, 4) is 0 Å². The molecule has 0 saturated heterocycles. The average Bonchev–Trinajstić information content (AvgIpc) is 3.22. The molecule has 4 nitrogen and oxygen atoms in total. The van der Waals surface area contributed by atoms with E-state index in [1.54, 1.807) is 0 Å². The number of hydrogen-bond acceptors (Lipinski definition) is 3. The maximum Gasteiger partial charge on any atom is 0.0756 e. The number of nitrogens with one attached hydrogen (secondary N) is 1. The van der Waals surface area contributed by atoms with E-state index >= 15 is 0 Å². The van der Waals surface area contributed by atoms with Crippen LogP contribution in [-0.2, 0) is 11.2 Å². The highest BCUT2D eigenvalue weighted by molar-refractivity contribution is 5.05. The van der Waals surface area contributed by atoms with E-state index in [9.17, 15) is 0 Å². The summed E-state index contributed by atoms with van der Waals surface area (Å²) >= 11 is 0. The summed E-state index contributed by atoms with van der Waals surface area (Å²) in [7, 11) is 1.85. The lowest BCUT2D eigenvalue weighted by Gasteiger charge is -2.26. The smallest absolute Gasteiger partial charge is 0.0756 e. The average molecular weight is 293 g/mol. The fraction of sp³-hybridized carbons (Fsp3) is 0.824. The van der Waals surface area contributed by atoms with Crippen LogP contribution in [0.2, 0.25) is 0 Å². The zero-order valence-corrected chi connectivity index (χ0v) is 14.0. The summed E-state index contributed by atoms with van der Waals surface area (Å²) < 4.78 is 7.87. The van der Waals surface area contributed by atoms with E-state index < -0.39 is 0 Å². The Kier molecular flexibility index (Phi) is 6.24. The Labute approximate surface area is 129 Å². The van der Waals surface area contributed by atoms with E-state index in [4.69, 9.17) is 9.84 Å². The molecule has 0 aliphatic heterocycles. The highest BCUT2D eigenvalue weighted by Gasteiger charge is 2.36. The van der Waals surface area contributed by atoms with E-state index in [2.05, 4.69) is 43.0 Å². The third kappa shape index (κ3) is 4.55. The van der Waals surface area contributed by atoms with Crippen molar-refractivity contribution in [1.29, 1.82) is 0 Å². The Balaban J connectivity index is 2.01. The third-order valence-corrected chi connectivity index (χ3v) is 4.55. The molecule has 2 rings (SSSR count). The first kappa shape index (κ1) is 16.5. The van der Waals surface area contributed by atoms with E-state index in [0.29, 0.717) is 18.2 Å². The van der Waals surface area contributed by atoms with Crippen LogP contribution in [0.3, 0.4) is 0 Å². The second kappa shape index (κ2) is 7.95. The lowest BCUT2D eigenvalue weighted by atomic mass is 10.0. The predicted octanol–water partition coefficient (Wildman–Crippen LogP) is 3.19. The molecule has 0 bridgehead atoms. The van der Waals surface area contributed by atoms with Crippen LogP contribution in [0.25, 0.3) is 0 Å². The number of nitrogens with zero attached hydrogens (tertiary/aromatic N) is 2. The van der Waals surface area contributed by atoms with Gasteiger partial charge >= 0.3 is 0 Å². The van der Waals surface area contributed by atoms with Crippen molar-refractivity contribution in [3.05, 3.63) is 18.0 Å². The molecule has 1 saturated carbocycles. The van der Waals surface area contributed by atoms with Gasteiger partial charge in [0.1, 0.15) is 0 Å². The van der Waals surface area contributed by atoms with Gasteiger partial charge in [-0.05, 0) is 51.1 Å². The van der Waals surface area contributed by atoms with Crippen molar-refractivity contribution in [1.82, 2.24) is 15.1 Å². The molecule has 21 heavy (non-hydrogen) atoms. The van der Waals surface area contributed by atoms with Crippen LogP contribution in [-0.4, -0.2) is 35.6 Å². The van der Waals surface area contributed by atoms with Crippen molar-refractivity contribution in [2.75, 3.05) is 13.7 Å². The van der Waals surface area contributed by atoms with Crippen molar-refractivity contribution in [2.24, 2.45) is 5.92 Å². The third-order valence-electron chi connectivity index (χ3n) is 4.55. The number of aromatic nitrogens is 2. The van der Waals surface area contributed by atoms with Gasteiger partial charge in [-0.1, -0.05) is 13.8 Å². The molecule has 0 spiro atoms. The topological polar surface area (TPSA) is 39.1 Å². The minimum Gasteiger partial charge on any atom is -0.380 e. The van der Waals surface area contributed by atoms with Gasteiger partial charge in [0, 0.05) is 31.8 Å². The zero-order chi connectivity index (χ0) is 15.2. The van der Waals surface area contributed by atoms with Crippen LogP contribution in [0.5, 0.6) is 0 Å². The SMILES string of the molecule is CCCNC(Cc1ccn(C(C)CC)n1)C(OC)C1CC1. The molecule has 0 radical (unpaired) electrons. The Hall–Kier alpha value is -0.870. The summed E-state index contributed by atoms with van der Waals surface area (Å²) in [5.41, 5.74) is 1.17. The lowest BCUT2D eigenvalue weighted by molar-refractivity contribution is 0.0508. The first-order chi connectivity index (χ1) is 10.2. The zero-order valence-electron chi connectivity index (χ0n) is 14.0. The van der Waals surface area contributed by atoms with Crippen LogP contribution < -0.4 is 5.32 Å². The fourth-order valence-corrected chi connectivity index (χ4v) is 2.89. The maximum absolute atomic E-state index is 5.78.